The summed E-state index contributed by atoms with van der Waals surface area (Å²) in [5.41, 5.74) is 2.90. The lowest BCUT2D eigenvalue weighted by molar-refractivity contribution is -0.924. The fourth-order valence-corrected chi connectivity index (χ4v) is 3.98. The number of hydrogen-bond acceptors (Lipinski definition) is 6. The standard InChI is InChI=1S/C22H22N2O6/c1-13(25)16-8-19-20(30-12-29-19)9-17(16)23-21(26)11-24-10-15-6-4-3-5-14(15)7-18(24)22(27)28-2/h3-6,8-9,18H,7,10-12H2,1-2H3,(H,23,26)/p+1/t18-/m1/s1. The van der Waals surface area contributed by atoms with Crippen LogP contribution in [0, 0.1) is 0 Å². The molecule has 1 unspecified atom stereocenters. The molecule has 2 atom stereocenters. The minimum atomic E-state index is -0.473. The Kier molecular flexibility index (Phi) is 5.41. The van der Waals surface area contributed by atoms with Crippen LogP contribution in [0.5, 0.6) is 11.5 Å². The van der Waals surface area contributed by atoms with Crippen LogP contribution in [-0.4, -0.2) is 44.1 Å². The largest absolute Gasteiger partial charge is 0.465 e. The van der Waals surface area contributed by atoms with Crippen molar-refractivity contribution in [3.8, 4) is 11.5 Å². The van der Waals surface area contributed by atoms with Crippen molar-refractivity contribution in [3.05, 3.63) is 53.1 Å². The third-order valence-electron chi connectivity index (χ3n) is 5.49. The first kappa shape index (κ1) is 19.9. The number of ether oxygens (including phenoxy) is 3. The lowest BCUT2D eigenvalue weighted by Crippen LogP contribution is -3.17. The lowest BCUT2D eigenvalue weighted by atomic mass is 9.94. The van der Waals surface area contributed by atoms with Gasteiger partial charge in [0.2, 0.25) is 6.79 Å². The van der Waals surface area contributed by atoms with Crippen molar-refractivity contribution in [2.24, 2.45) is 0 Å². The zero-order valence-electron chi connectivity index (χ0n) is 16.8. The predicted octanol–water partition coefficient (Wildman–Crippen LogP) is 0.739. The molecule has 30 heavy (non-hydrogen) atoms. The normalized spacial score (nSPS) is 19.0. The highest BCUT2D eigenvalue weighted by atomic mass is 16.7. The Bertz CT molecular complexity index is 1020. The van der Waals surface area contributed by atoms with Gasteiger partial charge in [0, 0.05) is 23.6 Å². The van der Waals surface area contributed by atoms with Crippen molar-refractivity contribution in [3.63, 3.8) is 0 Å². The summed E-state index contributed by atoms with van der Waals surface area (Å²) in [5.74, 6) is 0.0962. The molecule has 1 amide bonds. The van der Waals surface area contributed by atoms with Gasteiger partial charge >= 0.3 is 5.97 Å². The quantitative estimate of drug-likeness (QED) is 0.557. The summed E-state index contributed by atoms with van der Waals surface area (Å²) in [6, 6.07) is 10.6. The average Bonchev–Trinajstić information content (AvgIpc) is 3.19. The monoisotopic (exact) mass is 411 g/mol. The predicted molar refractivity (Wildman–Crippen MR) is 107 cm³/mol. The summed E-state index contributed by atoms with van der Waals surface area (Å²) in [4.78, 5) is 38.0. The van der Waals surface area contributed by atoms with Crippen molar-refractivity contribution in [1.29, 1.82) is 0 Å². The molecule has 156 valence electrons. The van der Waals surface area contributed by atoms with Gasteiger partial charge in [0.15, 0.2) is 29.9 Å². The van der Waals surface area contributed by atoms with E-state index in [2.05, 4.69) is 5.32 Å². The zero-order valence-corrected chi connectivity index (χ0v) is 16.8. The van der Waals surface area contributed by atoms with E-state index in [0.717, 1.165) is 16.0 Å². The molecule has 2 aromatic carbocycles. The van der Waals surface area contributed by atoms with Gasteiger partial charge in [0.25, 0.3) is 5.91 Å². The third kappa shape index (κ3) is 3.86. The molecule has 2 aromatic rings. The molecule has 2 heterocycles. The number of amides is 1. The second-order valence-corrected chi connectivity index (χ2v) is 7.42. The lowest BCUT2D eigenvalue weighted by Gasteiger charge is -2.31. The second kappa shape index (κ2) is 8.16. The highest BCUT2D eigenvalue weighted by molar-refractivity contribution is 6.04. The Labute approximate surface area is 173 Å². The second-order valence-electron chi connectivity index (χ2n) is 7.42. The third-order valence-corrected chi connectivity index (χ3v) is 5.49. The van der Waals surface area contributed by atoms with E-state index in [-0.39, 0.29) is 31.0 Å². The number of Topliss-reactive ketones (excluding diaryl/α,β-unsaturated/α-hetero) is 1. The van der Waals surface area contributed by atoms with Crippen LogP contribution in [0.25, 0.3) is 0 Å². The van der Waals surface area contributed by atoms with Gasteiger partial charge in [-0.1, -0.05) is 24.3 Å². The van der Waals surface area contributed by atoms with E-state index in [4.69, 9.17) is 14.2 Å². The number of carbonyl (C=O) groups is 3. The molecule has 2 aliphatic rings. The summed E-state index contributed by atoms with van der Waals surface area (Å²) >= 11 is 0. The molecule has 0 saturated carbocycles. The minimum Gasteiger partial charge on any atom is -0.465 e. The molecule has 2 N–H and O–H groups in total. The van der Waals surface area contributed by atoms with Gasteiger partial charge in [-0.2, -0.15) is 0 Å². The minimum absolute atomic E-state index is 0.0554. The molecule has 0 saturated heterocycles. The molecule has 8 heteroatoms. The number of anilines is 1. The van der Waals surface area contributed by atoms with Crippen molar-refractivity contribution in [1.82, 2.24) is 0 Å². The van der Waals surface area contributed by atoms with Crippen LogP contribution in [0.4, 0.5) is 5.69 Å². The highest BCUT2D eigenvalue weighted by Crippen LogP contribution is 2.37. The van der Waals surface area contributed by atoms with Crippen LogP contribution in [0.2, 0.25) is 0 Å². The molecular formula is C22H23N2O6+. The number of benzene rings is 2. The van der Waals surface area contributed by atoms with E-state index in [9.17, 15) is 14.4 Å². The van der Waals surface area contributed by atoms with E-state index in [1.807, 2.05) is 24.3 Å². The number of nitrogens with one attached hydrogen (secondary N) is 2. The number of ketones is 1. The number of fused-ring (bicyclic) bond motifs is 2. The van der Waals surface area contributed by atoms with Crippen LogP contribution in [-0.2, 0) is 27.3 Å². The Morgan fingerprint density at radius 3 is 2.53 bits per heavy atom. The molecular weight excluding hydrogens is 388 g/mol. The SMILES string of the molecule is COC(=O)[C@H]1Cc2ccccc2C[NH+]1CC(=O)Nc1cc2c(cc1C(C)=O)OCO2. The van der Waals surface area contributed by atoms with Crippen LogP contribution in [0.15, 0.2) is 36.4 Å². The van der Waals surface area contributed by atoms with Gasteiger partial charge in [0.05, 0.1) is 12.8 Å². The molecule has 0 radical (unpaired) electrons. The van der Waals surface area contributed by atoms with Crippen LogP contribution in [0.1, 0.15) is 28.4 Å². The number of quaternary nitrogens is 1. The summed E-state index contributed by atoms with van der Waals surface area (Å²) in [6.07, 6.45) is 0.508. The Morgan fingerprint density at radius 1 is 1.13 bits per heavy atom. The first-order valence-electron chi connectivity index (χ1n) is 9.70. The summed E-state index contributed by atoms with van der Waals surface area (Å²) in [6.45, 7) is 2.08. The van der Waals surface area contributed by atoms with E-state index in [1.165, 1.54) is 14.0 Å². The Balaban J connectivity index is 1.54. The van der Waals surface area contributed by atoms with Gasteiger partial charge in [-0.25, -0.2) is 4.79 Å². The van der Waals surface area contributed by atoms with E-state index in [0.29, 0.717) is 35.7 Å². The summed E-state index contributed by atoms with van der Waals surface area (Å²) < 4.78 is 15.6. The highest BCUT2D eigenvalue weighted by Gasteiger charge is 2.37. The maximum absolute atomic E-state index is 12.9. The number of rotatable bonds is 5. The average molecular weight is 411 g/mol. The Morgan fingerprint density at radius 2 is 1.83 bits per heavy atom. The van der Waals surface area contributed by atoms with Crippen molar-refractivity contribution < 1.29 is 33.5 Å². The maximum Gasteiger partial charge on any atom is 0.365 e. The van der Waals surface area contributed by atoms with E-state index < -0.39 is 6.04 Å². The first-order chi connectivity index (χ1) is 14.5. The van der Waals surface area contributed by atoms with Crippen molar-refractivity contribution in [2.45, 2.75) is 25.9 Å². The van der Waals surface area contributed by atoms with E-state index >= 15 is 0 Å². The molecule has 0 fully saturated rings. The molecule has 0 aliphatic carbocycles. The van der Waals surface area contributed by atoms with Crippen LogP contribution in [0.3, 0.4) is 0 Å². The van der Waals surface area contributed by atoms with Gasteiger partial charge in [-0.3, -0.25) is 9.59 Å². The summed E-state index contributed by atoms with van der Waals surface area (Å²) in [7, 11) is 1.35. The van der Waals surface area contributed by atoms with E-state index in [1.54, 1.807) is 12.1 Å². The van der Waals surface area contributed by atoms with Crippen LogP contribution >= 0.6 is 0 Å². The van der Waals surface area contributed by atoms with Gasteiger partial charge in [-0.15, -0.1) is 0 Å². The molecule has 2 aliphatic heterocycles. The number of methoxy groups -OCH3 is 1. The molecule has 8 nitrogen and oxygen atoms in total. The van der Waals surface area contributed by atoms with Crippen LogP contribution < -0.4 is 19.7 Å². The molecule has 0 spiro atoms. The fraction of sp³-hybridized carbons (Fsp3) is 0.318. The number of esters is 1. The molecule has 0 aromatic heterocycles. The van der Waals surface area contributed by atoms with Gasteiger partial charge in [-0.05, 0) is 18.6 Å². The van der Waals surface area contributed by atoms with Crippen molar-refractivity contribution >= 4 is 23.3 Å². The topological polar surface area (TPSA) is 95.4 Å². The number of carbonyl (C=O) groups excluding carboxylic acids is 3. The number of hydrogen-bond donors (Lipinski definition) is 2. The van der Waals surface area contributed by atoms with Crippen molar-refractivity contribution in [2.75, 3.05) is 25.8 Å². The first-order valence-corrected chi connectivity index (χ1v) is 9.70. The molecule has 0 bridgehead atoms. The zero-order chi connectivity index (χ0) is 21.3. The maximum atomic E-state index is 12.9. The molecule has 4 rings (SSSR count). The summed E-state index contributed by atoms with van der Waals surface area (Å²) in [5, 5.41) is 2.80. The van der Waals surface area contributed by atoms with Gasteiger partial charge < -0.3 is 24.4 Å². The Hall–Kier alpha value is -3.39. The fourth-order valence-electron chi connectivity index (χ4n) is 3.98. The van der Waals surface area contributed by atoms with Gasteiger partial charge in [0.1, 0.15) is 6.54 Å². The smallest absolute Gasteiger partial charge is 0.365 e.